The predicted octanol–water partition coefficient (Wildman–Crippen LogP) is 3.07. The molecule has 1 saturated carbocycles. The fourth-order valence-electron chi connectivity index (χ4n) is 1.40. The molecule has 0 N–H and O–H groups in total. The van der Waals surface area contributed by atoms with Gasteiger partial charge in [0.15, 0.2) is 11.6 Å². The van der Waals surface area contributed by atoms with Gasteiger partial charge < -0.3 is 0 Å². The monoisotopic (exact) mass is 167 g/mol. The summed E-state index contributed by atoms with van der Waals surface area (Å²) >= 11 is 0. The van der Waals surface area contributed by atoms with Crippen LogP contribution in [0.5, 0.6) is 0 Å². The molecule has 1 aromatic rings. The normalized spacial score (nSPS) is 17.5. The van der Waals surface area contributed by atoms with E-state index in [9.17, 15) is 8.78 Å². The first kappa shape index (κ1) is 7.71. The Morgan fingerprint density at radius 3 is 2.42 bits per heavy atom. The molecular weight excluding hydrogens is 158 g/mol. The lowest BCUT2D eigenvalue weighted by atomic mass is 9.80. The summed E-state index contributed by atoms with van der Waals surface area (Å²) in [7, 11) is 0. The molecule has 1 fully saturated rings. The zero-order valence-electron chi connectivity index (χ0n) is 6.61. The lowest BCUT2D eigenvalue weighted by molar-refractivity contribution is 0.483. The van der Waals surface area contributed by atoms with Gasteiger partial charge in [0.2, 0.25) is 0 Å². The fraction of sp³-hybridized carbons (Fsp3) is 0.300. The van der Waals surface area contributed by atoms with Gasteiger partial charge in [0.25, 0.3) is 0 Å². The summed E-state index contributed by atoms with van der Waals surface area (Å²) in [6.45, 7) is 0. The van der Waals surface area contributed by atoms with E-state index in [0.717, 1.165) is 31.2 Å². The smallest absolute Gasteiger partial charge is 0.162 e. The average molecular weight is 167 g/mol. The van der Waals surface area contributed by atoms with Crippen molar-refractivity contribution in [2.75, 3.05) is 0 Å². The zero-order chi connectivity index (χ0) is 8.55. The van der Waals surface area contributed by atoms with E-state index in [4.69, 9.17) is 0 Å². The van der Waals surface area contributed by atoms with Crippen LogP contribution in [0.1, 0.15) is 24.8 Å². The molecule has 0 bridgehead atoms. The second-order valence-corrected chi connectivity index (χ2v) is 3.06. The molecule has 0 nitrogen and oxygen atoms in total. The second-order valence-electron chi connectivity index (χ2n) is 3.06. The zero-order valence-corrected chi connectivity index (χ0v) is 6.61. The van der Waals surface area contributed by atoms with Crippen LogP contribution in [0.15, 0.2) is 18.2 Å². The van der Waals surface area contributed by atoms with Crippen molar-refractivity contribution in [1.82, 2.24) is 0 Å². The molecule has 1 radical (unpaired) electrons. The molecule has 63 valence electrons. The van der Waals surface area contributed by atoms with Crippen molar-refractivity contribution >= 4 is 0 Å². The third-order valence-electron chi connectivity index (χ3n) is 2.29. The van der Waals surface area contributed by atoms with E-state index in [0.29, 0.717) is 5.56 Å². The molecule has 0 atom stereocenters. The van der Waals surface area contributed by atoms with E-state index in [-0.39, 0.29) is 0 Å². The van der Waals surface area contributed by atoms with Gasteiger partial charge in [0.1, 0.15) is 0 Å². The molecule has 2 heteroatoms. The van der Waals surface area contributed by atoms with Gasteiger partial charge in [-0.3, -0.25) is 0 Å². The summed E-state index contributed by atoms with van der Waals surface area (Å²) < 4.78 is 25.8. The Bertz CT molecular complexity index is 290. The first-order chi connectivity index (χ1) is 5.79. The van der Waals surface area contributed by atoms with Gasteiger partial charge in [0.05, 0.1) is 0 Å². The van der Waals surface area contributed by atoms with E-state index < -0.39 is 11.6 Å². The third kappa shape index (κ3) is 1.11. The van der Waals surface area contributed by atoms with E-state index in [1.54, 1.807) is 12.1 Å². The highest BCUT2D eigenvalue weighted by molar-refractivity contribution is 5.35. The van der Waals surface area contributed by atoms with Crippen LogP contribution < -0.4 is 0 Å². The summed E-state index contributed by atoms with van der Waals surface area (Å²) in [5.74, 6) is -0.383. The van der Waals surface area contributed by atoms with Crippen molar-refractivity contribution in [3.05, 3.63) is 41.3 Å². The third-order valence-corrected chi connectivity index (χ3v) is 2.29. The second kappa shape index (κ2) is 2.85. The molecule has 0 unspecified atom stereocenters. The number of rotatable bonds is 1. The molecule has 0 heterocycles. The van der Waals surface area contributed by atoms with Crippen molar-refractivity contribution in [3.63, 3.8) is 0 Å². The van der Waals surface area contributed by atoms with Crippen molar-refractivity contribution in [1.29, 1.82) is 0 Å². The summed E-state index contributed by atoms with van der Waals surface area (Å²) in [5, 5.41) is 0. The molecule has 0 aromatic heterocycles. The Hall–Kier alpha value is -0.920. The SMILES string of the molecule is Fc1cccc([C]2CCC2)c1F. The van der Waals surface area contributed by atoms with Crippen molar-refractivity contribution in [3.8, 4) is 0 Å². The van der Waals surface area contributed by atoms with Gasteiger partial charge in [0, 0.05) is 5.92 Å². The Balaban J connectivity index is 2.36. The minimum atomic E-state index is -0.744. The van der Waals surface area contributed by atoms with Crippen LogP contribution in [0.4, 0.5) is 8.78 Å². The molecule has 0 saturated heterocycles. The van der Waals surface area contributed by atoms with Gasteiger partial charge in [-0.1, -0.05) is 18.6 Å². The maximum atomic E-state index is 13.1. The lowest BCUT2D eigenvalue weighted by Gasteiger charge is -2.25. The van der Waals surface area contributed by atoms with E-state index in [1.807, 2.05) is 0 Å². The number of benzene rings is 1. The molecular formula is C10H9F2. The standard InChI is InChI=1S/C10H9F2/c11-9-6-2-5-8(10(9)12)7-3-1-4-7/h2,5-6H,1,3-4H2. The Morgan fingerprint density at radius 2 is 1.83 bits per heavy atom. The number of halogens is 2. The highest BCUT2D eigenvalue weighted by atomic mass is 19.2. The van der Waals surface area contributed by atoms with Crippen LogP contribution in [0.3, 0.4) is 0 Å². The van der Waals surface area contributed by atoms with Crippen LogP contribution >= 0.6 is 0 Å². The summed E-state index contributed by atoms with van der Waals surface area (Å²) in [6.07, 6.45) is 2.94. The largest absolute Gasteiger partial charge is 0.204 e. The quantitative estimate of drug-likeness (QED) is 0.603. The minimum absolute atomic E-state index is 0.473. The maximum absolute atomic E-state index is 13.1. The van der Waals surface area contributed by atoms with E-state index in [1.165, 1.54) is 0 Å². The summed E-state index contributed by atoms with van der Waals surface area (Å²) in [6, 6.07) is 4.35. The van der Waals surface area contributed by atoms with Crippen molar-refractivity contribution < 1.29 is 8.78 Å². The van der Waals surface area contributed by atoms with E-state index >= 15 is 0 Å². The average Bonchev–Trinajstić information content (AvgIpc) is 1.95. The first-order valence-corrected chi connectivity index (χ1v) is 4.08. The van der Waals surface area contributed by atoms with Crippen molar-refractivity contribution in [2.45, 2.75) is 19.3 Å². The number of hydrogen-bond donors (Lipinski definition) is 0. The van der Waals surface area contributed by atoms with E-state index in [2.05, 4.69) is 0 Å². The van der Waals surface area contributed by atoms with Crippen LogP contribution in [0.25, 0.3) is 0 Å². The molecule has 1 aliphatic rings. The van der Waals surface area contributed by atoms with Crippen molar-refractivity contribution in [2.24, 2.45) is 0 Å². The molecule has 0 spiro atoms. The highest BCUT2D eigenvalue weighted by Crippen LogP contribution is 2.36. The lowest BCUT2D eigenvalue weighted by Crippen LogP contribution is -2.12. The topological polar surface area (TPSA) is 0 Å². The van der Waals surface area contributed by atoms with Crippen LogP contribution in [0, 0.1) is 17.6 Å². The first-order valence-electron chi connectivity index (χ1n) is 4.08. The molecule has 2 rings (SSSR count). The van der Waals surface area contributed by atoms with Gasteiger partial charge in [-0.15, -0.1) is 0 Å². The van der Waals surface area contributed by atoms with Gasteiger partial charge >= 0.3 is 0 Å². The molecule has 0 amide bonds. The molecule has 1 aromatic carbocycles. The van der Waals surface area contributed by atoms with Gasteiger partial charge in [-0.2, -0.15) is 0 Å². The Morgan fingerprint density at radius 1 is 1.08 bits per heavy atom. The fourth-order valence-corrected chi connectivity index (χ4v) is 1.40. The van der Waals surface area contributed by atoms with Crippen LogP contribution in [0.2, 0.25) is 0 Å². The van der Waals surface area contributed by atoms with Crippen LogP contribution in [-0.4, -0.2) is 0 Å². The van der Waals surface area contributed by atoms with Gasteiger partial charge in [-0.25, -0.2) is 8.78 Å². The molecule has 12 heavy (non-hydrogen) atoms. The summed E-state index contributed by atoms with van der Waals surface area (Å²) in [5.41, 5.74) is 0.473. The minimum Gasteiger partial charge on any atom is -0.204 e. The van der Waals surface area contributed by atoms with Crippen LogP contribution in [-0.2, 0) is 0 Å². The molecule has 1 aliphatic carbocycles. The maximum Gasteiger partial charge on any atom is 0.162 e. The predicted molar refractivity (Wildman–Crippen MR) is 42.6 cm³/mol. The van der Waals surface area contributed by atoms with Gasteiger partial charge in [-0.05, 0) is 24.5 Å². The Kier molecular flexibility index (Phi) is 1.83. The number of hydrogen-bond acceptors (Lipinski definition) is 0. The molecule has 0 aliphatic heterocycles. The summed E-state index contributed by atoms with van der Waals surface area (Å²) in [4.78, 5) is 0. The Labute approximate surface area is 70.2 Å². The highest BCUT2D eigenvalue weighted by Gasteiger charge is 2.24.